The number of hydrogen-bond acceptors (Lipinski definition) is 4. The van der Waals surface area contributed by atoms with Crippen LogP contribution in [0.3, 0.4) is 0 Å². The molecule has 0 aliphatic carbocycles. The second kappa shape index (κ2) is 3.55. The van der Waals surface area contributed by atoms with Crippen molar-refractivity contribution in [3.8, 4) is 0 Å². The molecule has 0 bridgehead atoms. The van der Waals surface area contributed by atoms with Crippen molar-refractivity contribution in [3.63, 3.8) is 0 Å². The van der Waals surface area contributed by atoms with Crippen molar-refractivity contribution in [2.24, 2.45) is 0 Å². The second-order valence-corrected chi connectivity index (χ2v) is 3.10. The van der Waals surface area contributed by atoms with Gasteiger partial charge >= 0.3 is 5.69 Å². The molecule has 0 aromatic carbocycles. The first-order valence-electron chi connectivity index (χ1n) is 4.20. The second-order valence-electron chi connectivity index (χ2n) is 3.10. The molecule has 1 rings (SSSR count). The number of hydrogen-bond donors (Lipinski definition) is 0. The minimum Gasteiger partial charge on any atom is -0.354 e. The smallest absolute Gasteiger partial charge is 0.334 e. The molecule has 0 saturated carbocycles. The van der Waals surface area contributed by atoms with Crippen LogP contribution in [0.1, 0.15) is 38.1 Å². The summed E-state index contributed by atoms with van der Waals surface area (Å²) in [4.78, 5) is 10.2. The van der Waals surface area contributed by atoms with Crippen molar-refractivity contribution >= 4 is 5.69 Å². The standard InChI is InChI=1S/C8H12N2O3/c1-4-6-8(10(11)12)7(5(2)3)9-13-6/h5H,4H2,1-3H3. The molecule has 1 heterocycles. The molecule has 0 saturated heterocycles. The third-order valence-electron chi connectivity index (χ3n) is 1.81. The highest BCUT2D eigenvalue weighted by Gasteiger charge is 2.27. The zero-order valence-corrected chi connectivity index (χ0v) is 7.90. The fraction of sp³-hybridized carbons (Fsp3) is 0.625. The van der Waals surface area contributed by atoms with Crippen LogP contribution in [0.15, 0.2) is 4.52 Å². The Bertz CT molecular complexity index is 317. The van der Waals surface area contributed by atoms with Gasteiger partial charge in [-0.3, -0.25) is 10.1 Å². The molecule has 0 unspecified atom stereocenters. The molecule has 0 N–H and O–H groups in total. The van der Waals surface area contributed by atoms with Crippen LogP contribution >= 0.6 is 0 Å². The lowest BCUT2D eigenvalue weighted by Gasteiger charge is -1.96. The van der Waals surface area contributed by atoms with E-state index >= 15 is 0 Å². The quantitative estimate of drug-likeness (QED) is 0.533. The Labute approximate surface area is 75.9 Å². The summed E-state index contributed by atoms with van der Waals surface area (Å²) in [7, 11) is 0. The van der Waals surface area contributed by atoms with Gasteiger partial charge in [0.25, 0.3) is 0 Å². The van der Waals surface area contributed by atoms with Crippen molar-refractivity contribution < 1.29 is 9.45 Å². The molecule has 0 aliphatic heterocycles. The molecule has 0 aliphatic rings. The van der Waals surface area contributed by atoms with Crippen molar-refractivity contribution in [2.45, 2.75) is 33.1 Å². The molecule has 72 valence electrons. The zero-order valence-electron chi connectivity index (χ0n) is 7.90. The van der Waals surface area contributed by atoms with E-state index in [0.717, 1.165) is 0 Å². The zero-order chi connectivity index (χ0) is 10.0. The molecule has 5 heteroatoms. The molecule has 5 nitrogen and oxygen atoms in total. The van der Waals surface area contributed by atoms with E-state index in [9.17, 15) is 10.1 Å². The number of nitro groups is 1. The molecule has 0 spiro atoms. The predicted octanol–water partition coefficient (Wildman–Crippen LogP) is 2.27. The summed E-state index contributed by atoms with van der Waals surface area (Å²) in [6.45, 7) is 5.51. The highest BCUT2D eigenvalue weighted by molar-refractivity contribution is 5.40. The van der Waals surface area contributed by atoms with Crippen molar-refractivity contribution in [3.05, 3.63) is 21.6 Å². The number of aromatic nitrogens is 1. The van der Waals surface area contributed by atoms with Gasteiger partial charge in [-0.1, -0.05) is 25.9 Å². The van der Waals surface area contributed by atoms with E-state index in [0.29, 0.717) is 17.9 Å². The van der Waals surface area contributed by atoms with Crippen LogP contribution in [-0.4, -0.2) is 10.1 Å². The Morgan fingerprint density at radius 2 is 2.23 bits per heavy atom. The van der Waals surface area contributed by atoms with Crippen molar-refractivity contribution in [1.29, 1.82) is 0 Å². The Hall–Kier alpha value is -1.39. The maximum Gasteiger partial charge on any atom is 0.334 e. The fourth-order valence-corrected chi connectivity index (χ4v) is 1.14. The minimum atomic E-state index is -0.426. The molecule has 0 fully saturated rings. The van der Waals surface area contributed by atoms with E-state index in [1.807, 2.05) is 13.8 Å². The summed E-state index contributed by atoms with van der Waals surface area (Å²) < 4.78 is 4.88. The molecular weight excluding hydrogens is 172 g/mol. The summed E-state index contributed by atoms with van der Waals surface area (Å²) >= 11 is 0. The number of nitrogens with zero attached hydrogens (tertiary/aromatic N) is 2. The largest absolute Gasteiger partial charge is 0.354 e. The van der Waals surface area contributed by atoms with Gasteiger partial charge < -0.3 is 4.52 Å². The lowest BCUT2D eigenvalue weighted by Crippen LogP contribution is -1.97. The Balaban J connectivity index is 3.22. The first-order chi connectivity index (χ1) is 6.07. The third kappa shape index (κ3) is 1.68. The van der Waals surface area contributed by atoms with Gasteiger partial charge in [0.2, 0.25) is 5.76 Å². The monoisotopic (exact) mass is 184 g/mol. The van der Waals surface area contributed by atoms with Gasteiger partial charge in [-0.05, 0) is 0 Å². The van der Waals surface area contributed by atoms with Gasteiger partial charge in [0.1, 0.15) is 0 Å². The molecule has 1 aromatic heterocycles. The van der Waals surface area contributed by atoms with Crippen molar-refractivity contribution in [1.82, 2.24) is 5.16 Å². The van der Waals surface area contributed by atoms with E-state index in [-0.39, 0.29) is 11.6 Å². The van der Waals surface area contributed by atoms with Crippen LogP contribution in [0.5, 0.6) is 0 Å². The predicted molar refractivity (Wildman–Crippen MR) is 46.6 cm³/mol. The highest BCUT2D eigenvalue weighted by atomic mass is 16.6. The van der Waals surface area contributed by atoms with E-state index in [1.54, 1.807) is 6.92 Å². The van der Waals surface area contributed by atoms with E-state index in [2.05, 4.69) is 5.16 Å². The van der Waals surface area contributed by atoms with Gasteiger partial charge in [0.15, 0.2) is 5.69 Å². The van der Waals surface area contributed by atoms with Gasteiger partial charge in [-0.25, -0.2) is 0 Å². The molecule has 1 aromatic rings. The van der Waals surface area contributed by atoms with Gasteiger partial charge in [-0.2, -0.15) is 0 Å². The molecule has 13 heavy (non-hydrogen) atoms. The minimum absolute atomic E-state index is 0.0180. The van der Waals surface area contributed by atoms with Crippen LogP contribution in [0, 0.1) is 10.1 Å². The summed E-state index contributed by atoms with van der Waals surface area (Å²) in [6, 6.07) is 0. The Morgan fingerprint density at radius 1 is 1.62 bits per heavy atom. The first kappa shape index (κ1) is 9.70. The van der Waals surface area contributed by atoms with Crippen LogP contribution in [0.4, 0.5) is 5.69 Å². The topological polar surface area (TPSA) is 69.2 Å². The van der Waals surface area contributed by atoms with Crippen LogP contribution in [0.2, 0.25) is 0 Å². The lowest BCUT2D eigenvalue weighted by atomic mass is 10.1. The summed E-state index contributed by atoms with van der Waals surface area (Å²) in [5, 5.41) is 14.4. The highest BCUT2D eigenvalue weighted by Crippen LogP contribution is 2.29. The molecule has 0 amide bonds. The van der Waals surface area contributed by atoms with Gasteiger partial charge in [0, 0.05) is 12.3 Å². The first-order valence-corrected chi connectivity index (χ1v) is 4.20. The van der Waals surface area contributed by atoms with Gasteiger partial charge in [0.05, 0.1) is 4.92 Å². The third-order valence-corrected chi connectivity index (χ3v) is 1.81. The summed E-state index contributed by atoms with van der Waals surface area (Å²) in [5.41, 5.74) is 0.472. The summed E-state index contributed by atoms with van der Waals surface area (Å²) in [6.07, 6.45) is 0.496. The van der Waals surface area contributed by atoms with Crippen LogP contribution in [0.25, 0.3) is 0 Å². The maximum absolute atomic E-state index is 10.7. The van der Waals surface area contributed by atoms with E-state index in [1.165, 1.54) is 0 Å². The van der Waals surface area contributed by atoms with Crippen LogP contribution < -0.4 is 0 Å². The van der Waals surface area contributed by atoms with Crippen LogP contribution in [-0.2, 0) is 6.42 Å². The average molecular weight is 184 g/mol. The molecular formula is C8H12N2O3. The Kier molecular flexibility index (Phi) is 2.65. The maximum atomic E-state index is 10.7. The molecule has 0 radical (unpaired) electrons. The van der Waals surface area contributed by atoms with Crippen molar-refractivity contribution in [2.75, 3.05) is 0 Å². The van der Waals surface area contributed by atoms with E-state index < -0.39 is 4.92 Å². The summed E-state index contributed by atoms with van der Waals surface area (Å²) in [5.74, 6) is 0.373. The number of aryl methyl sites for hydroxylation is 1. The number of rotatable bonds is 3. The lowest BCUT2D eigenvalue weighted by molar-refractivity contribution is -0.386. The van der Waals surface area contributed by atoms with E-state index in [4.69, 9.17) is 4.52 Å². The normalized spacial score (nSPS) is 10.8. The average Bonchev–Trinajstić information content (AvgIpc) is 2.46. The SMILES string of the molecule is CCc1onc(C(C)C)c1[N+](=O)[O-]. The molecule has 0 atom stereocenters. The van der Waals surface area contributed by atoms with Gasteiger partial charge in [-0.15, -0.1) is 0 Å². The fourth-order valence-electron chi connectivity index (χ4n) is 1.14. The Morgan fingerprint density at radius 3 is 2.62 bits per heavy atom.